The molecule has 1 aliphatic heterocycles. The van der Waals surface area contributed by atoms with Crippen LogP contribution in [-0.2, 0) is 4.79 Å². The number of carbonyl (C=O) groups excluding carboxylic acids is 2. The first-order valence-electron chi connectivity index (χ1n) is 10.7. The minimum absolute atomic E-state index is 0.294. The number of aromatic nitrogens is 2. The summed E-state index contributed by atoms with van der Waals surface area (Å²) in [4.78, 5) is 44.6. The van der Waals surface area contributed by atoms with E-state index in [9.17, 15) is 18.8 Å². The highest BCUT2D eigenvalue weighted by molar-refractivity contribution is 7.19. The number of hydrogen-bond acceptors (Lipinski definition) is 6. The van der Waals surface area contributed by atoms with Gasteiger partial charge in [0.25, 0.3) is 11.5 Å². The van der Waals surface area contributed by atoms with E-state index < -0.39 is 12.1 Å². The second-order valence-corrected chi connectivity index (χ2v) is 9.38. The number of halogens is 1. The fourth-order valence-electron chi connectivity index (χ4n) is 4.09. The van der Waals surface area contributed by atoms with E-state index in [0.29, 0.717) is 38.3 Å². The van der Waals surface area contributed by atoms with Crippen LogP contribution in [0.2, 0.25) is 0 Å². The molecule has 1 N–H and O–H groups in total. The first-order valence-corrected chi connectivity index (χ1v) is 11.5. The van der Waals surface area contributed by atoms with E-state index in [2.05, 4.69) is 10.3 Å². The van der Waals surface area contributed by atoms with Crippen LogP contribution in [0.3, 0.4) is 0 Å². The van der Waals surface area contributed by atoms with Gasteiger partial charge in [-0.15, -0.1) is 11.3 Å². The lowest BCUT2D eigenvalue weighted by atomic mass is 10.0. The van der Waals surface area contributed by atoms with Gasteiger partial charge in [0.2, 0.25) is 0 Å². The Kier molecular flexibility index (Phi) is 5.28. The molecule has 0 spiro atoms. The molecule has 0 saturated carbocycles. The van der Waals surface area contributed by atoms with Crippen molar-refractivity contribution >= 4 is 38.9 Å². The highest BCUT2D eigenvalue weighted by Crippen LogP contribution is 2.36. The van der Waals surface area contributed by atoms with Crippen molar-refractivity contribution in [3.63, 3.8) is 0 Å². The van der Waals surface area contributed by atoms with Gasteiger partial charge in [-0.25, -0.2) is 9.37 Å². The van der Waals surface area contributed by atoms with Crippen molar-refractivity contribution in [3.8, 4) is 16.9 Å². The van der Waals surface area contributed by atoms with Crippen LogP contribution in [0.4, 0.5) is 10.1 Å². The predicted octanol–water partition coefficient (Wildman–Crippen LogP) is 4.74. The fraction of sp³-hybridized carbons (Fsp3) is 0.200. The molecule has 0 saturated heterocycles. The summed E-state index contributed by atoms with van der Waals surface area (Å²) in [5.74, 6) is -0.489. The summed E-state index contributed by atoms with van der Waals surface area (Å²) in [6, 6.07) is 9.88. The van der Waals surface area contributed by atoms with Crippen molar-refractivity contribution in [2.24, 2.45) is 0 Å². The number of benzene rings is 2. The van der Waals surface area contributed by atoms with E-state index in [-0.39, 0.29) is 23.1 Å². The summed E-state index contributed by atoms with van der Waals surface area (Å²) in [6.45, 7) is 5.15. The topological polar surface area (TPSA) is 90.3 Å². The molecule has 9 heteroatoms. The van der Waals surface area contributed by atoms with E-state index in [1.54, 1.807) is 44.2 Å². The molecule has 172 valence electrons. The third kappa shape index (κ3) is 3.58. The van der Waals surface area contributed by atoms with Crippen molar-refractivity contribution < 1.29 is 18.7 Å². The van der Waals surface area contributed by atoms with E-state index in [1.165, 1.54) is 34.4 Å². The van der Waals surface area contributed by atoms with Crippen LogP contribution in [0, 0.1) is 12.7 Å². The molecule has 5 rings (SSSR count). The standard InChI is InChI=1S/C25H20FN3O4S/c1-12(22(30)16-6-9-19-18(10-16)28-23(31)13(2)33-19)29-11-27-24-21(25(29)32)20(14(3)34-24)15-4-7-17(26)8-5-15/h4-13H,1-3H3,(H,28,31). The maximum atomic E-state index is 13.5. The largest absolute Gasteiger partial charge is 0.479 e. The minimum atomic E-state index is -0.845. The number of aryl methyl sites for hydroxylation is 1. The molecule has 0 bridgehead atoms. The van der Waals surface area contributed by atoms with Crippen LogP contribution in [0.15, 0.2) is 53.6 Å². The van der Waals surface area contributed by atoms with Crippen LogP contribution >= 0.6 is 11.3 Å². The third-order valence-corrected chi connectivity index (χ3v) is 6.95. The first-order chi connectivity index (χ1) is 16.2. The van der Waals surface area contributed by atoms with E-state index in [0.717, 1.165) is 4.88 Å². The SMILES string of the molecule is Cc1sc2ncn(C(C)C(=O)c3ccc4c(c3)NC(=O)C(C)O4)c(=O)c2c1-c1ccc(F)cc1. The fourth-order valence-corrected chi connectivity index (χ4v) is 5.09. The van der Waals surface area contributed by atoms with Crippen LogP contribution in [-0.4, -0.2) is 27.3 Å². The molecule has 0 fully saturated rings. The van der Waals surface area contributed by atoms with Crippen LogP contribution < -0.4 is 15.6 Å². The van der Waals surface area contributed by atoms with Gasteiger partial charge in [-0.2, -0.15) is 0 Å². The molecular weight excluding hydrogens is 457 g/mol. The molecule has 0 radical (unpaired) electrons. The number of thiophene rings is 1. The normalized spacial score (nSPS) is 16.0. The number of carbonyl (C=O) groups is 2. The van der Waals surface area contributed by atoms with Gasteiger partial charge in [0.05, 0.1) is 23.4 Å². The van der Waals surface area contributed by atoms with E-state index in [4.69, 9.17) is 4.74 Å². The Balaban J connectivity index is 1.55. The van der Waals surface area contributed by atoms with Crippen molar-refractivity contribution in [1.82, 2.24) is 9.55 Å². The number of Topliss-reactive ketones (excluding diaryl/α,β-unsaturated/α-hetero) is 1. The second-order valence-electron chi connectivity index (χ2n) is 8.18. The zero-order chi connectivity index (χ0) is 24.1. The van der Waals surface area contributed by atoms with E-state index in [1.807, 2.05) is 6.92 Å². The highest BCUT2D eigenvalue weighted by atomic mass is 32.1. The number of hydrogen-bond donors (Lipinski definition) is 1. The Morgan fingerprint density at radius 3 is 2.68 bits per heavy atom. The average molecular weight is 478 g/mol. The summed E-state index contributed by atoms with van der Waals surface area (Å²) in [5.41, 5.74) is 1.79. The number of nitrogens with one attached hydrogen (secondary N) is 1. The predicted molar refractivity (Wildman–Crippen MR) is 128 cm³/mol. The Hall–Kier alpha value is -3.85. The van der Waals surface area contributed by atoms with Crippen molar-refractivity contribution in [2.45, 2.75) is 32.9 Å². The van der Waals surface area contributed by atoms with Crippen molar-refractivity contribution in [1.29, 1.82) is 0 Å². The smallest absolute Gasteiger partial charge is 0.265 e. The molecule has 1 aliphatic rings. The lowest BCUT2D eigenvalue weighted by Crippen LogP contribution is -2.34. The lowest BCUT2D eigenvalue weighted by Gasteiger charge is -2.24. The number of anilines is 1. The van der Waals surface area contributed by atoms with Gasteiger partial charge in [0.15, 0.2) is 11.9 Å². The lowest BCUT2D eigenvalue weighted by molar-refractivity contribution is -0.122. The molecule has 2 atom stereocenters. The maximum absolute atomic E-state index is 13.5. The molecule has 1 amide bonds. The average Bonchev–Trinajstić information content (AvgIpc) is 3.16. The molecule has 3 heterocycles. The maximum Gasteiger partial charge on any atom is 0.265 e. The molecule has 2 aromatic heterocycles. The number of fused-ring (bicyclic) bond motifs is 2. The zero-order valence-electron chi connectivity index (χ0n) is 18.6. The number of amides is 1. The molecule has 7 nitrogen and oxygen atoms in total. The molecule has 2 unspecified atom stereocenters. The Bertz CT molecular complexity index is 1520. The van der Waals surface area contributed by atoms with Gasteiger partial charge in [-0.3, -0.25) is 19.0 Å². The van der Waals surface area contributed by atoms with Gasteiger partial charge in [0.1, 0.15) is 16.4 Å². The molecule has 4 aromatic rings. The minimum Gasteiger partial charge on any atom is -0.479 e. The summed E-state index contributed by atoms with van der Waals surface area (Å²) in [7, 11) is 0. The van der Waals surface area contributed by atoms with Crippen LogP contribution in [0.1, 0.15) is 35.1 Å². The number of ether oxygens (including phenoxy) is 1. The van der Waals surface area contributed by atoms with Gasteiger partial charge >= 0.3 is 0 Å². The van der Waals surface area contributed by atoms with E-state index >= 15 is 0 Å². The summed E-state index contributed by atoms with van der Waals surface area (Å²) in [6.07, 6.45) is 0.761. The van der Waals surface area contributed by atoms with Crippen molar-refractivity contribution in [3.05, 3.63) is 75.4 Å². The Labute approximate surface area is 197 Å². The summed E-state index contributed by atoms with van der Waals surface area (Å²) >= 11 is 1.38. The second kappa shape index (κ2) is 8.18. The summed E-state index contributed by atoms with van der Waals surface area (Å²) in [5, 5.41) is 3.13. The van der Waals surface area contributed by atoms with Gasteiger partial charge < -0.3 is 10.1 Å². The van der Waals surface area contributed by atoms with Gasteiger partial charge in [-0.05, 0) is 56.7 Å². The zero-order valence-corrected chi connectivity index (χ0v) is 19.4. The molecule has 0 aliphatic carbocycles. The van der Waals surface area contributed by atoms with Crippen LogP contribution in [0.25, 0.3) is 21.3 Å². The van der Waals surface area contributed by atoms with Gasteiger partial charge in [-0.1, -0.05) is 12.1 Å². The first kappa shape index (κ1) is 22.0. The third-order valence-electron chi connectivity index (χ3n) is 5.94. The Morgan fingerprint density at radius 2 is 1.94 bits per heavy atom. The molecule has 2 aromatic carbocycles. The van der Waals surface area contributed by atoms with Gasteiger partial charge in [0, 0.05) is 16.0 Å². The summed E-state index contributed by atoms with van der Waals surface area (Å²) < 4.78 is 20.3. The Morgan fingerprint density at radius 1 is 1.21 bits per heavy atom. The number of ketones is 1. The number of rotatable bonds is 4. The highest BCUT2D eigenvalue weighted by Gasteiger charge is 2.27. The monoisotopic (exact) mass is 477 g/mol. The molecule has 34 heavy (non-hydrogen) atoms. The molecular formula is C25H20FN3O4S. The number of nitrogens with zero attached hydrogens (tertiary/aromatic N) is 2. The van der Waals surface area contributed by atoms with Crippen molar-refractivity contribution in [2.75, 3.05) is 5.32 Å². The quantitative estimate of drug-likeness (QED) is 0.429. The van der Waals surface area contributed by atoms with Crippen LogP contribution in [0.5, 0.6) is 5.75 Å².